The molecule has 3 aromatic rings. The molecule has 40 heavy (non-hydrogen) atoms. The molecule has 1 aliphatic heterocycles. The Morgan fingerprint density at radius 3 is 2.38 bits per heavy atom. The summed E-state index contributed by atoms with van der Waals surface area (Å²) in [5, 5.41) is 3.16. The third-order valence-corrected chi connectivity index (χ3v) is 9.89. The number of rotatable bonds is 6. The van der Waals surface area contributed by atoms with Crippen LogP contribution in [0, 0.1) is 6.92 Å². The average molecular weight is 561 g/mol. The molecular formula is C33H40N2O4S. The minimum absolute atomic E-state index is 0.108. The van der Waals surface area contributed by atoms with Crippen molar-refractivity contribution < 1.29 is 17.9 Å². The van der Waals surface area contributed by atoms with Gasteiger partial charge in [-0.15, -0.1) is 0 Å². The minimum Gasteiger partial charge on any atom is -0.476 e. The fourth-order valence-electron chi connectivity index (χ4n) is 5.58. The lowest BCUT2D eigenvalue weighted by atomic mass is 9.86. The zero-order valence-corrected chi connectivity index (χ0v) is 25.0. The average Bonchev–Trinajstić information content (AvgIpc) is 2.94. The number of nitrogens with zero attached hydrogens (tertiary/aromatic N) is 1. The number of benzene rings is 3. The summed E-state index contributed by atoms with van der Waals surface area (Å²) in [4.78, 5) is 13.8. The largest absolute Gasteiger partial charge is 0.476 e. The lowest BCUT2D eigenvalue weighted by molar-refractivity contribution is -0.128. The molecule has 1 heterocycles. The first-order chi connectivity index (χ1) is 19.0. The van der Waals surface area contributed by atoms with E-state index in [0.717, 1.165) is 29.5 Å². The van der Waals surface area contributed by atoms with Gasteiger partial charge in [0.25, 0.3) is 15.9 Å². The molecule has 0 unspecified atom stereocenters. The summed E-state index contributed by atoms with van der Waals surface area (Å²) in [6.45, 7) is 10.1. The van der Waals surface area contributed by atoms with Crippen LogP contribution in [0.15, 0.2) is 65.6 Å². The van der Waals surface area contributed by atoms with E-state index in [1.54, 1.807) is 30.3 Å². The van der Waals surface area contributed by atoms with Crippen LogP contribution in [-0.4, -0.2) is 27.0 Å². The third-order valence-electron chi connectivity index (χ3n) is 8.10. The molecule has 0 spiro atoms. The number of carbonyl (C=O) groups excluding carboxylic acids is 1. The Morgan fingerprint density at radius 2 is 1.70 bits per heavy atom. The van der Waals surface area contributed by atoms with E-state index < -0.39 is 16.1 Å². The number of ether oxygens (including phenoxy) is 1. The van der Waals surface area contributed by atoms with E-state index >= 15 is 0 Å². The number of carbonyl (C=O) groups is 1. The normalized spacial score (nSPS) is 17.8. The molecule has 1 aliphatic carbocycles. The third kappa shape index (κ3) is 5.62. The zero-order valence-electron chi connectivity index (χ0n) is 24.2. The molecule has 6 nitrogen and oxygen atoms in total. The monoisotopic (exact) mass is 560 g/mol. The van der Waals surface area contributed by atoms with Gasteiger partial charge >= 0.3 is 0 Å². The van der Waals surface area contributed by atoms with Crippen LogP contribution in [0.5, 0.6) is 5.75 Å². The highest BCUT2D eigenvalue weighted by Crippen LogP contribution is 2.40. The Morgan fingerprint density at radius 1 is 1.00 bits per heavy atom. The van der Waals surface area contributed by atoms with Crippen molar-refractivity contribution in [2.75, 3.05) is 10.8 Å². The van der Waals surface area contributed by atoms with E-state index in [1.165, 1.54) is 28.3 Å². The number of hydrogen-bond acceptors (Lipinski definition) is 4. The van der Waals surface area contributed by atoms with Crippen molar-refractivity contribution in [1.29, 1.82) is 0 Å². The van der Waals surface area contributed by atoms with Gasteiger partial charge in [-0.2, -0.15) is 0 Å². The Kier molecular flexibility index (Phi) is 7.71. The topological polar surface area (TPSA) is 75.7 Å². The molecule has 0 aromatic heterocycles. The van der Waals surface area contributed by atoms with Gasteiger partial charge in [0.05, 0.1) is 23.2 Å². The van der Waals surface area contributed by atoms with Crippen LogP contribution in [0.1, 0.15) is 80.8 Å². The van der Waals surface area contributed by atoms with Crippen molar-refractivity contribution >= 4 is 21.6 Å². The van der Waals surface area contributed by atoms with Crippen molar-refractivity contribution in [1.82, 2.24) is 5.32 Å². The van der Waals surface area contributed by atoms with Crippen LogP contribution in [-0.2, 0) is 33.1 Å². The zero-order chi connectivity index (χ0) is 28.7. The van der Waals surface area contributed by atoms with Crippen molar-refractivity contribution in [3.8, 4) is 5.75 Å². The summed E-state index contributed by atoms with van der Waals surface area (Å²) in [6.07, 6.45) is 4.32. The summed E-state index contributed by atoms with van der Waals surface area (Å²) in [5.74, 6) is 0.0659. The van der Waals surface area contributed by atoms with Crippen molar-refractivity contribution in [2.45, 2.75) is 89.2 Å². The van der Waals surface area contributed by atoms with Crippen LogP contribution < -0.4 is 14.4 Å². The van der Waals surface area contributed by atoms with E-state index in [0.29, 0.717) is 17.9 Å². The number of anilines is 1. The molecule has 0 fully saturated rings. The second kappa shape index (κ2) is 10.9. The lowest BCUT2D eigenvalue weighted by Crippen LogP contribution is -2.51. The Balaban J connectivity index is 1.46. The van der Waals surface area contributed by atoms with Gasteiger partial charge in [-0.05, 0) is 91.0 Å². The van der Waals surface area contributed by atoms with Gasteiger partial charge in [0, 0.05) is 0 Å². The Hall–Kier alpha value is -3.32. The number of fused-ring (bicyclic) bond motifs is 2. The summed E-state index contributed by atoms with van der Waals surface area (Å²) in [6, 6.07) is 18.7. The SMILES string of the molecule is CC[C@H](NC(=O)[C@H]1CN(S(=O)(=O)c2ccc(C)cc2)c2cc(C(C)(C)C)ccc2O1)c1ccc2c(c1)CCCC2. The fraction of sp³-hybridized carbons (Fsp3) is 0.424. The summed E-state index contributed by atoms with van der Waals surface area (Å²) in [7, 11) is -3.94. The van der Waals surface area contributed by atoms with E-state index in [-0.39, 0.29) is 28.8 Å². The minimum atomic E-state index is -3.94. The van der Waals surface area contributed by atoms with E-state index in [4.69, 9.17) is 4.74 Å². The van der Waals surface area contributed by atoms with Gasteiger partial charge in [0.1, 0.15) is 5.75 Å². The fourth-order valence-corrected chi connectivity index (χ4v) is 7.04. The smallest absolute Gasteiger partial charge is 0.264 e. The Bertz CT molecular complexity index is 1510. The molecule has 212 valence electrons. The van der Waals surface area contributed by atoms with E-state index in [1.807, 2.05) is 26.0 Å². The van der Waals surface area contributed by atoms with Crippen molar-refractivity contribution in [2.24, 2.45) is 0 Å². The number of amides is 1. The molecule has 0 saturated heterocycles. The highest BCUT2D eigenvalue weighted by Gasteiger charge is 2.39. The summed E-state index contributed by atoms with van der Waals surface area (Å²) < 4.78 is 35.5. The molecule has 0 bridgehead atoms. The van der Waals surface area contributed by atoms with Gasteiger partial charge in [-0.1, -0.05) is 69.7 Å². The predicted molar refractivity (Wildman–Crippen MR) is 160 cm³/mol. The van der Waals surface area contributed by atoms with Gasteiger partial charge < -0.3 is 10.1 Å². The van der Waals surface area contributed by atoms with Crippen molar-refractivity contribution in [3.63, 3.8) is 0 Å². The second-order valence-electron chi connectivity index (χ2n) is 12.1. The molecular weight excluding hydrogens is 520 g/mol. The van der Waals surface area contributed by atoms with E-state index in [9.17, 15) is 13.2 Å². The van der Waals surface area contributed by atoms with Crippen LogP contribution in [0.4, 0.5) is 5.69 Å². The van der Waals surface area contributed by atoms with Crippen LogP contribution >= 0.6 is 0 Å². The summed E-state index contributed by atoms with van der Waals surface area (Å²) >= 11 is 0. The first-order valence-electron chi connectivity index (χ1n) is 14.3. The van der Waals surface area contributed by atoms with Gasteiger partial charge in [0.2, 0.25) is 0 Å². The number of hydrogen-bond donors (Lipinski definition) is 1. The Labute approximate surface area is 238 Å². The van der Waals surface area contributed by atoms with E-state index in [2.05, 4.69) is 44.3 Å². The molecule has 7 heteroatoms. The highest BCUT2D eigenvalue weighted by atomic mass is 32.2. The van der Waals surface area contributed by atoms with Gasteiger partial charge in [-0.25, -0.2) is 8.42 Å². The quantitative estimate of drug-likeness (QED) is 0.379. The van der Waals surface area contributed by atoms with Crippen LogP contribution in [0.2, 0.25) is 0 Å². The molecule has 1 N–H and O–H groups in total. The van der Waals surface area contributed by atoms with Gasteiger partial charge in [0.15, 0.2) is 6.10 Å². The molecule has 5 rings (SSSR count). The molecule has 0 saturated carbocycles. The number of aryl methyl sites for hydroxylation is 3. The maximum absolute atomic E-state index is 14.0. The van der Waals surface area contributed by atoms with Crippen LogP contribution in [0.25, 0.3) is 0 Å². The maximum atomic E-state index is 14.0. The number of sulfonamides is 1. The highest BCUT2D eigenvalue weighted by molar-refractivity contribution is 7.92. The first kappa shape index (κ1) is 28.2. The number of nitrogens with one attached hydrogen (secondary N) is 1. The molecule has 2 aliphatic rings. The predicted octanol–water partition coefficient (Wildman–Crippen LogP) is 6.40. The van der Waals surface area contributed by atoms with Crippen LogP contribution in [0.3, 0.4) is 0 Å². The van der Waals surface area contributed by atoms with Gasteiger partial charge in [-0.3, -0.25) is 9.10 Å². The molecule has 1 amide bonds. The summed E-state index contributed by atoms with van der Waals surface area (Å²) in [5.41, 5.74) is 6.07. The molecule has 0 radical (unpaired) electrons. The maximum Gasteiger partial charge on any atom is 0.264 e. The lowest BCUT2D eigenvalue weighted by Gasteiger charge is -2.36. The van der Waals surface area contributed by atoms with Crippen molar-refractivity contribution in [3.05, 3.63) is 88.5 Å². The standard InChI is InChI=1S/C33H40N2O4S/c1-6-28(25-14-13-23-9-7-8-10-24(23)19-25)34-32(36)31-21-35(40(37,38)27-16-11-22(2)12-17-27)29-20-26(33(3,4)5)15-18-30(29)39-31/h11-20,28,31H,6-10,21H2,1-5H3,(H,34,36)/t28-,31+/m0/s1. The molecule has 2 atom stereocenters. The first-order valence-corrected chi connectivity index (χ1v) is 15.7. The second-order valence-corrected chi connectivity index (χ2v) is 14.0. The molecule has 3 aromatic carbocycles.